The van der Waals surface area contributed by atoms with Crippen molar-refractivity contribution in [3.05, 3.63) is 71.3 Å². The minimum atomic E-state index is -4.39. The van der Waals surface area contributed by atoms with Gasteiger partial charge in [0.2, 0.25) is 0 Å². The zero-order chi connectivity index (χ0) is 20.9. The third-order valence-electron chi connectivity index (χ3n) is 5.21. The van der Waals surface area contributed by atoms with Crippen molar-refractivity contribution in [3.8, 4) is 0 Å². The van der Waals surface area contributed by atoms with Crippen LogP contribution in [0.3, 0.4) is 0 Å². The molecular formula is C22H25F3N2O2. The van der Waals surface area contributed by atoms with Crippen LogP contribution in [0.15, 0.2) is 54.6 Å². The van der Waals surface area contributed by atoms with Crippen LogP contribution >= 0.6 is 0 Å². The molecule has 2 aromatic carbocycles. The molecule has 0 spiro atoms. The smallest absolute Gasteiger partial charge is 0.416 e. The summed E-state index contributed by atoms with van der Waals surface area (Å²) in [7, 11) is 1.63. The van der Waals surface area contributed by atoms with Crippen LogP contribution in [0.2, 0.25) is 0 Å². The molecule has 1 heterocycles. The maximum absolute atomic E-state index is 12.9. The largest absolute Gasteiger partial charge is 0.445 e. The van der Waals surface area contributed by atoms with Gasteiger partial charge in [0.05, 0.1) is 11.6 Å². The molecule has 1 unspecified atom stereocenters. The summed E-state index contributed by atoms with van der Waals surface area (Å²) in [5, 5.41) is 0. The first-order valence-corrected chi connectivity index (χ1v) is 9.67. The number of rotatable bonds is 6. The normalized spacial score (nSPS) is 15.9. The molecule has 1 aliphatic rings. The first kappa shape index (κ1) is 21.2. The van der Waals surface area contributed by atoms with Gasteiger partial charge < -0.3 is 14.5 Å². The zero-order valence-electron chi connectivity index (χ0n) is 16.4. The number of carbonyl (C=O) groups is 1. The Balaban J connectivity index is 1.73. The van der Waals surface area contributed by atoms with Gasteiger partial charge >= 0.3 is 12.3 Å². The minimum absolute atomic E-state index is 0.146. The molecule has 0 saturated carbocycles. The van der Waals surface area contributed by atoms with Crippen molar-refractivity contribution in [1.29, 1.82) is 0 Å². The SMILES string of the molecule is CN(C(=O)OCc1ccccc1)C(CN1CCCC1)c1ccc(C(F)(F)F)cc1. The molecule has 0 aliphatic carbocycles. The highest BCUT2D eigenvalue weighted by Gasteiger charge is 2.31. The van der Waals surface area contributed by atoms with Crippen LogP contribution in [0.4, 0.5) is 18.0 Å². The minimum Gasteiger partial charge on any atom is -0.445 e. The van der Waals surface area contributed by atoms with E-state index in [9.17, 15) is 18.0 Å². The average molecular weight is 406 g/mol. The number of carbonyl (C=O) groups excluding carboxylic acids is 1. The third-order valence-corrected chi connectivity index (χ3v) is 5.21. The van der Waals surface area contributed by atoms with Gasteiger partial charge in [-0.05, 0) is 49.2 Å². The van der Waals surface area contributed by atoms with E-state index in [4.69, 9.17) is 4.74 Å². The van der Waals surface area contributed by atoms with Crippen molar-refractivity contribution >= 4 is 6.09 Å². The Morgan fingerprint density at radius 2 is 1.69 bits per heavy atom. The molecule has 1 fully saturated rings. The van der Waals surface area contributed by atoms with Crippen LogP contribution in [-0.2, 0) is 17.5 Å². The highest BCUT2D eigenvalue weighted by atomic mass is 19.4. The van der Waals surface area contributed by atoms with E-state index in [0.29, 0.717) is 12.1 Å². The van der Waals surface area contributed by atoms with Gasteiger partial charge in [0.25, 0.3) is 0 Å². The summed E-state index contributed by atoms with van der Waals surface area (Å²) in [6.45, 7) is 2.55. The van der Waals surface area contributed by atoms with E-state index < -0.39 is 23.9 Å². The summed E-state index contributed by atoms with van der Waals surface area (Å²) < 4.78 is 44.1. The highest BCUT2D eigenvalue weighted by molar-refractivity contribution is 5.68. The first-order chi connectivity index (χ1) is 13.8. The lowest BCUT2D eigenvalue weighted by atomic mass is 10.0. The van der Waals surface area contributed by atoms with Crippen LogP contribution in [0.1, 0.15) is 35.6 Å². The van der Waals surface area contributed by atoms with E-state index in [1.807, 2.05) is 30.3 Å². The molecular weight excluding hydrogens is 381 g/mol. The van der Waals surface area contributed by atoms with Crippen molar-refractivity contribution in [2.75, 3.05) is 26.7 Å². The van der Waals surface area contributed by atoms with Crippen molar-refractivity contribution in [2.24, 2.45) is 0 Å². The average Bonchev–Trinajstić information content (AvgIpc) is 3.23. The topological polar surface area (TPSA) is 32.8 Å². The second-order valence-electron chi connectivity index (χ2n) is 7.29. The Bertz CT molecular complexity index is 788. The van der Waals surface area contributed by atoms with E-state index in [0.717, 1.165) is 43.6 Å². The van der Waals surface area contributed by atoms with Gasteiger partial charge in [0, 0.05) is 13.6 Å². The summed E-state index contributed by atoms with van der Waals surface area (Å²) >= 11 is 0. The lowest BCUT2D eigenvalue weighted by molar-refractivity contribution is -0.137. The molecule has 1 saturated heterocycles. The van der Waals surface area contributed by atoms with E-state index in [-0.39, 0.29) is 6.61 Å². The zero-order valence-corrected chi connectivity index (χ0v) is 16.4. The Morgan fingerprint density at radius 1 is 1.07 bits per heavy atom. The molecule has 7 heteroatoms. The number of alkyl halides is 3. The Hall–Kier alpha value is -2.54. The predicted octanol–water partition coefficient (Wildman–Crippen LogP) is 5.11. The quantitative estimate of drug-likeness (QED) is 0.668. The van der Waals surface area contributed by atoms with Crippen LogP contribution in [0.25, 0.3) is 0 Å². The first-order valence-electron chi connectivity index (χ1n) is 9.67. The highest BCUT2D eigenvalue weighted by Crippen LogP contribution is 2.31. The number of amides is 1. The summed E-state index contributed by atoms with van der Waals surface area (Å²) in [4.78, 5) is 16.3. The second kappa shape index (κ2) is 9.31. The number of hydrogen-bond acceptors (Lipinski definition) is 3. The second-order valence-corrected chi connectivity index (χ2v) is 7.29. The van der Waals surface area contributed by atoms with Gasteiger partial charge in [-0.25, -0.2) is 4.79 Å². The number of benzene rings is 2. The Labute approximate surface area is 168 Å². The molecule has 1 amide bonds. The molecule has 1 atom stereocenters. The Kier molecular flexibility index (Phi) is 6.79. The van der Waals surface area contributed by atoms with E-state index >= 15 is 0 Å². The molecule has 0 radical (unpaired) electrons. The molecule has 29 heavy (non-hydrogen) atoms. The van der Waals surface area contributed by atoms with Gasteiger partial charge in [0.15, 0.2) is 0 Å². The molecule has 156 valence electrons. The molecule has 0 bridgehead atoms. The van der Waals surface area contributed by atoms with Crippen LogP contribution in [0.5, 0.6) is 0 Å². The molecule has 3 rings (SSSR count). The van der Waals surface area contributed by atoms with E-state index in [1.165, 1.54) is 17.0 Å². The molecule has 0 N–H and O–H groups in total. The fourth-order valence-corrected chi connectivity index (χ4v) is 3.50. The van der Waals surface area contributed by atoms with Gasteiger partial charge in [-0.2, -0.15) is 13.2 Å². The summed E-state index contributed by atoms with van der Waals surface area (Å²) in [6.07, 6.45) is -2.72. The van der Waals surface area contributed by atoms with Crippen LogP contribution in [0, 0.1) is 0 Å². The number of likely N-dealkylation sites (N-methyl/N-ethyl adjacent to an activating group) is 1. The van der Waals surface area contributed by atoms with Crippen LogP contribution < -0.4 is 0 Å². The number of nitrogens with zero attached hydrogens (tertiary/aromatic N) is 2. The summed E-state index contributed by atoms with van der Waals surface area (Å²) in [5.41, 5.74) is 0.833. The van der Waals surface area contributed by atoms with E-state index in [1.54, 1.807) is 7.05 Å². The molecule has 4 nitrogen and oxygen atoms in total. The maximum atomic E-state index is 12.9. The van der Waals surface area contributed by atoms with Crippen molar-refractivity contribution in [1.82, 2.24) is 9.80 Å². The number of halogens is 3. The Morgan fingerprint density at radius 3 is 2.28 bits per heavy atom. The van der Waals surface area contributed by atoms with Gasteiger partial charge in [-0.3, -0.25) is 0 Å². The fraction of sp³-hybridized carbons (Fsp3) is 0.409. The van der Waals surface area contributed by atoms with E-state index in [2.05, 4.69) is 4.90 Å². The van der Waals surface area contributed by atoms with Crippen molar-refractivity contribution in [2.45, 2.75) is 31.7 Å². The number of ether oxygens (including phenoxy) is 1. The van der Waals surface area contributed by atoms with Gasteiger partial charge in [-0.15, -0.1) is 0 Å². The standard InChI is InChI=1S/C22H25F3N2O2/c1-26(21(28)29-16-17-7-3-2-4-8-17)20(15-27-13-5-6-14-27)18-9-11-19(12-10-18)22(23,24)25/h2-4,7-12,20H,5-6,13-16H2,1H3. The predicted molar refractivity (Wildman–Crippen MR) is 104 cm³/mol. The van der Waals surface area contributed by atoms with Gasteiger partial charge in [0.1, 0.15) is 6.61 Å². The molecule has 1 aliphatic heterocycles. The molecule has 0 aromatic heterocycles. The lowest BCUT2D eigenvalue weighted by Gasteiger charge is -2.31. The van der Waals surface area contributed by atoms with Crippen molar-refractivity contribution < 1.29 is 22.7 Å². The maximum Gasteiger partial charge on any atom is 0.416 e. The van der Waals surface area contributed by atoms with Crippen LogP contribution in [-0.4, -0.2) is 42.6 Å². The summed E-state index contributed by atoms with van der Waals surface area (Å²) in [6, 6.07) is 14.0. The number of hydrogen-bond donors (Lipinski definition) is 0. The van der Waals surface area contributed by atoms with Crippen molar-refractivity contribution in [3.63, 3.8) is 0 Å². The van der Waals surface area contributed by atoms with Gasteiger partial charge in [-0.1, -0.05) is 42.5 Å². The third kappa shape index (κ3) is 5.73. The summed E-state index contributed by atoms with van der Waals surface area (Å²) in [5.74, 6) is 0. The number of likely N-dealkylation sites (tertiary alicyclic amines) is 1. The fourth-order valence-electron chi connectivity index (χ4n) is 3.50. The monoisotopic (exact) mass is 406 g/mol. The lowest BCUT2D eigenvalue weighted by Crippen LogP contribution is -2.38. The molecule has 2 aromatic rings.